The van der Waals surface area contributed by atoms with Gasteiger partial charge in [-0.2, -0.15) is 0 Å². The Kier molecular flexibility index (Phi) is 20.5. The number of ketones is 1. The molecule has 19 heteroatoms. The molecule has 0 unspecified atom stereocenters. The number of amides is 2. The van der Waals surface area contributed by atoms with Crippen molar-refractivity contribution in [1.29, 1.82) is 0 Å². The molecule has 2 heterocycles. The van der Waals surface area contributed by atoms with Crippen molar-refractivity contribution in [3.63, 3.8) is 0 Å². The second-order valence-electron chi connectivity index (χ2n) is 14.0. The summed E-state index contributed by atoms with van der Waals surface area (Å²) in [7, 11) is -1.62. The third-order valence-corrected chi connectivity index (χ3v) is 10.1. The minimum atomic E-state index is -1.62. The van der Waals surface area contributed by atoms with Crippen molar-refractivity contribution in [3.05, 3.63) is 0 Å². The zero-order valence-electron chi connectivity index (χ0n) is 29.5. The topological polar surface area (TPSA) is 232 Å². The molecule has 3 aliphatic rings. The number of hydrogen-bond donors (Lipinski definition) is 6. The van der Waals surface area contributed by atoms with Gasteiger partial charge in [-0.25, -0.2) is 0 Å². The van der Waals surface area contributed by atoms with Gasteiger partial charge in [-0.15, -0.1) is 0 Å². The molecular formula is C32H55BN6O11Tb. The minimum Gasteiger partial charge on any atom is -0.480 e. The summed E-state index contributed by atoms with van der Waals surface area (Å²) in [6.45, 7) is 4.16. The Labute approximate surface area is 330 Å². The van der Waals surface area contributed by atoms with E-state index >= 15 is 0 Å². The Balaban J connectivity index is 0.00000901. The molecule has 291 valence electrons. The summed E-state index contributed by atoms with van der Waals surface area (Å²) in [6.07, 6.45) is 5.02. The predicted octanol–water partition coefficient (Wildman–Crippen LogP) is -1.87. The van der Waals surface area contributed by atoms with Crippen LogP contribution in [0.4, 0.5) is 0 Å². The molecule has 0 aromatic heterocycles. The number of aliphatic carboxylic acids is 3. The zero-order chi connectivity index (χ0) is 36.8. The van der Waals surface area contributed by atoms with Crippen LogP contribution in [0.5, 0.6) is 0 Å². The Morgan fingerprint density at radius 1 is 0.667 bits per heavy atom. The summed E-state index contributed by atoms with van der Waals surface area (Å²) < 4.78 is 0. The van der Waals surface area contributed by atoms with Gasteiger partial charge in [0.15, 0.2) is 0 Å². The summed E-state index contributed by atoms with van der Waals surface area (Å²) in [4.78, 5) is 81.9. The van der Waals surface area contributed by atoms with Crippen LogP contribution in [0, 0.1) is 50.4 Å². The van der Waals surface area contributed by atoms with Gasteiger partial charge in [0.05, 0.1) is 32.1 Å². The molecule has 2 amide bonds. The van der Waals surface area contributed by atoms with Crippen LogP contribution in [0.2, 0.25) is 0 Å². The van der Waals surface area contributed by atoms with Gasteiger partial charge >= 0.3 is 25.0 Å². The van der Waals surface area contributed by atoms with Crippen molar-refractivity contribution < 1.29 is 92.7 Å². The number of likely N-dealkylation sites (tertiary alicyclic amines) is 1. The average molecular weight is 870 g/mol. The van der Waals surface area contributed by atoms with Crippen LogP contribution in [-0.4, -0.2) is 190 Å². The van der Waals surface area contributed by atoms with E-state index in [4.69, 9.17) is 0 Å². The first kappa shape index (κ1) is 45.3. The first-order valence-electron chi connectivity index (χ1n) is 17.7. The van der Waals surface area contributed by atoms with Crippen LogP contribution in [0.25, 0.3) is 0 Å². The Hall–Kier alpha value is -1.87. The SMILES string of the molecule is C[C@@H](NC(=O)C1CCC(CCC(=O)CN2CCN(CC(=O)O)CCN(CC(=O)O)CCN(CC(=O)O)CC2)CC1)C(=O)N1CCC[C@H]1B(O)O.[Tb]. The number of Topliss-reactive ketones (excluding diaryl/α,β-unsaturated/α-hetero) is 1. The average Bonchev–Trinajstić information content (AvgIpc) is 3.55. The van der Waals surface area contributed by atoms with Gasteiger partial charge in [0.25, 0.3) is 0 Å². The van der Waals surface area contributed by atoms with Crippen molar-refractivity contribution in [2.24, 2.45) is 11.8 Å². The Morgan fingerprint density at radius 2 is 1.10 bits per heavy atom. The fourth-order valence-corrected chi connectivity index (χ4v) is 7.21. The molecule has 51 heavy (non-hydrogen) atoms. The molecule has 3 rings (SSSR count). The Morgan fingerprint density at radius 3 is 1.51 bits per heavy atom. The van der Waals surface area contributed by atoms with E-state index in [1.807, 2.05) is 4.90 Å². The first-order valence-corrected chi connectivity index (χ1v) is 17.7. The van der Waals surface area contributed by atoms with Gasteiger partial charge in [-0.3, -0.25) is 48.4 Å². The third kappa shape index (κ3) is 16.4. The molecule has 1 aliphatic carbocycles. The quantitative estimate of drug-likeness (QED) is 0.0991. The van der Waals surface area contributed by atoms with Crippen molar-refractivity contribution >= 4 is 42.6 Å². The molecule has 2 atom stereocenters. The van der Waals surface area contributed by atoms with E-state index in [1.165, 1.54) is 4.90 Å². The summed E-state index contributed by atoms with van der Waals surface area (Å²) in [5.41, 5.74) is 0. The van der Waals surface area contributed by atoms with Crippen molar-refractivity contribution in [2.75, 3.05) is 85.1 Å². The number of carboxylic acids is 3. The van der Waals surface area contributed by atoms with Gasteiger partial charge in [0.1, 0.15) is 11.8 Å². The van der Waals surface area contributed by atoms with E-state index in [1.54, 1.807) is 21.6 Å². The van der Waals surface area contributed by atoms with Crippen LogP contribution in [-0.2, 0) is 28.8 Å². The Bertz CT molecular complexity index is 1150. The molecule has 0 spiro atoms. The van der Waals surface area contributed by atoms with Gasteiger partial charge in [0, 0.05) is 110 Å². The largest absolute Gasteiger partial charge is 0.480 e. The van der Waals surface area contributed by atoms with E-state index in [9.17, 15) is 54.1 Å². The number of nitrogens with zero attached hydrogens (tertiary/aromatic N) is 5. The van der Waals surface area contributed by atoms with Gasteiger partial charge in [-0.1, -0.05) is 0 Å². The van der Waals surface area contributed by atoms with Crippen LogP contribution < -0.4 is 5.32 Å². The van der Waals surface area contributed by atoms with Gasteiger partial charge in [-0.05, 0) is 57.8 Å². The molecule has 1 radical (unpaired) electrons. The van der Waals surface area contributed by atoms with Gasteiger partial charge in [0.2, 0.25) is 11.8 Å². The summed E-state index contributed by atoms with van der Waals surface area (Å²) >= 11 is 0. The number of rotatable bonds is 15. The van der Waals surface area contributed by atoms with Crippen LogP contribution >= 0.6 is 0 Å². The van der Waals surface area contributed by atoms with E-state index in [-0.39, 0.29) is 94.2 Å². The second-order valence-corrected chi connectivity index (χ2v) is 14.0. The monoisotopic (exact) mass is 869 g/mol. The number of hydrogen-bond acceptors (Lipinski definition) is 12. The zero-order valence-corrected chi connectivity index (χ0v) is 31.6. The van der Waals surface area contributed by atoms with Crippen LogP contribution in [0.3, 0.4) is 0 Å². The van der Waals surface area contributed by atoms with E-state index in [0.717, 1.165) is 12.8 Å². The normalized spacial score (nSPS) is 24.0. The number of carboxylic acid groups (broad SMARTS) is 3. The van der Waals surface area contributed by atoms with Gasteiger partial charge < -0.3 is 35.6 Å². The fraction of sp³-hybridized carbons (Fsp3) is 0.812. The van der Waals surface area contributed by atoms with Crippen LogP contribution in [0.15, 0.2) is 0 Å². The standard InChI is InChI=1S/C32H55BN6O11.Tb/c1-23(32(48)39-10-2-3-27(39)33(49)50)34-31(47)25-7-4-24(5-8-25)6-9-26(40)19-35-11-13-36(20-28(41)42)15-17-38(22-30(45)46)18-16-37(14-12-35)21-29(43)44;/h23-25,27,49-50H,2-22H2,1H3,(H,34,47)(H,41,42)(H,43,44)(H,45,46);/t23-,24?,25?,27+;/m1./s1. The summed E-state index contributed by atoms with van der Waals surface area (Å²) in [5.74, 6) is -4.16. The molecule has 0 bridgehead atoms. The number of carbonyl (C=O) groups is 6. The maximum atomic E-state index is 13.2. The minimum absolute atomic E-state index is 0. The molecule has 2 aliphatic heterocycles. The van der Waals surface area contributed by atoms with Crippen molar-refractivity contribution in [3.8, 4) is 0 Å². The molecule has 17 nitrogen and oxygen atoms in total. The van der Waals surface area contributed by atoms with E-state index < -0.39 is 37.0 Å². The molecule has 6 N–H and O–H groups in total. The van der Waals surface area contributed by atoms with Crippen molar-refractivity contribution in [1.82, 2.24) is 29.8 Å². The second kappa shape index (κ2) is 23.0. The maximum absolute atomic E-state index is 13.2. The summed E-state index contributed by atoms with van der Waals surface area (Å²) in [6, 6.07) is -0.776. The van der Waals surface area contributed by atoms with Crippen molar-refractivity contribution in [2.45, 2.75) is 70.3 Å². The summed E-state index contributed by atoms with van der Waals surface area (Å²) in [5, 5.41) is 50.1. The fourth-order valence-electron chi connectivity index (χ4n) is 7.21. The molecule has 1 saturated carbocycles. The maximum Gasteiger partial charge on any atom is 0.475 e. The number of carbonyl (C=O) groups excluding carboxylic acids is 3. The molecule has 3 fully saturated rings. The first-order chi connectivity index (χ1) is 23.7. The molecule has 0 aromatic rings. The molecule has 0 aromatic carbocycles. The van der Waals surface area contributed by atoms with E-state index in [2.05, 4.69) is 5.32 Å². The smallest absolute Gasteiger partial charge is 0.475 e. The number of nitrogens with one attached hydrogen (secondary N) is 1. The molecule has 2 saturated heterocycles. The van der Waals surface area contributed by atoms with E-state index in [0.29, 0.717) is 97.4 Å². The predicted molar refractivity (Wildman–Crippen MR) is 181 cm³/mol. The van der Waals surface area contributed by atoms with Crippen LogP contribution in [0.1, 0.15) is 58.3 Å². The molecular weight excluding hydrogens is 814 g/mol. The third-order valence-electron chi connectivity index (χ3n) is 10.1.